The van der Waals surface area contributed by atoms with E-state index in [0.717, 1.165) is 12.8 Å². The smallest absolute Gasteiger partial charge is 0.325 e. The summed E-state index contributed by atoms with van der Waals surface area (Å²) in [5.74, 6) is -0.129. The fraction of sp³-hybridized carbons (Fsp3) is 0.667. The molecule has 1 aliphatic heterocycles. The maximum absolute atomic E-state index is 12.0. The first-order valence-electron chi connectivity index (χ1n) is 6.48. The van der Waals surface area contributed by atoms with Crippen LogP contribution in [0.2, 0.25) is 0 Å². The van der Waals surface area contributed by atoms with Crippen LogP contribution < -0.4 is 11.2 Å². The predicted molar refractivity (Wildman–Crippen MR) is 66.1 cm³/mol. The molecule has 0 unspecified atom stereocenters. The molecule has 0 aromatic carbocycles. The molecule has 1 aromatic rings. The molecule has 5 N–H and O–H groups in total. The molecule has 0 amide bonds. The molecule has 20 heavy (non-hydrogen) atoms. The number of hydrogen-bond donors (Lipinski definition) is 5. The van der Waals surface area contributed by atoms with Crippen molar-refractivity contribution in [1.29, 1.82) is 0 Å². The van der Waals surface area contributed by atoms with Crippen LogP contribution in [0.1, 0.15) is 18.4 Å². The van der Waals surface area contributed by atoms with E-state index in [1.54, 1.807) is 0 Å². The maximum Gasteiger partial charge on any atom is 0.325 e. The minimum atomic E-state index is -1.38. The van der Waals surface area contributed by atoms with Crippen LogP contribution in [-0.2, 0) is 10.3 Å². The third-order valence-electron chi connectivity index (χ3n) is 4.09. The van der Waals surface area contributed by atoms with Gasteiger partial charge in [0.1, 0.15) is 23.9 Å². The predicted octanol–water partition coefficient (Wildman–Crippen LogP) is -2.22. The van der Waals surface area contributed by atoms with E-state index in [1.807, 2.05) is 0 Å². The Kier molecular flexibility index (Phi) is 3.05. The third kappa shape index (κ3) is 1.76. The van der Waals surface area contributed by atoms with Crippen LogP contribution in [0.5, 0.6) is 0 Å². The highest BCUT2D eigenvalue weighted by atomic mass is 16.6. The maximum atomic E-state index is 12.0. The Morgan fingerprint density at radius 3 is 2.55 bits per heavy atom. The number of aliphatic hydroxyl groups excluding tert-OH is 3. The SMILES string of the molecule is O=c1[nH]cc([C@]2(C3CC3)O[C@H](CO)[C@@H](O)[C@H]2O)c(=O)[nH]1. The van der Waals surface area contributed by atoms with Gasteiger partial charge in [0.25, 0.3) is 5.56 Å². The Morgan fingerprint density at radius 1 is 1.35 bits per heavy atom. The quantitative estimate of drug-likeness (QED) is 0.426. The number of hydrogen-bond acceptors (Lipinski definition) is 6. The van der Waals surface area contributed by atoms with Gasteiger partial charge in [0.2, 0.25) is 0 Å². The van der Waals surface area contributed by atoms with E-state index in [0.29, 0.717) is 0 Å². The van der Waals surface area contributed by atoms with Crippen LogP contribution in [-0.4, -0.2) is 50.2 Å². The van der Waals surface area contributed by atoms with Crippen LogP contribution >= 0.6 is 0 Å². The molecule has 0 bridgehead atoms. The number of H-pyrrole nitrogens is 2. The fourth-order valence-electron chi connectivity index (χ4n) is 2.98. The molecular weight excluding hydrogens is 268 g/mol. The second kappa shape index (κ2) is 4.52. The number of rotatable bonds is 3. The minimum absolute atomic E-state index is 0.0714. The molecule has 0 radical (unpaired) electrons. The van der Waals surface area contributed by atoms with Gasteiger partial charge < -0.3 is 25.0 Å². The van der Waals surface area contributed by atoms with Crippen LogP contribution in [0.25, 0.3) is 0 Å². The largest absolute Gasteiger partial charge is 0.394 e. The number of aromatic amines is 2. The Hall–Kier alpha value is -1.48. The van der Waals surface area contributed by atoms with Gasteiger partial charge >= 0.3 is 5.69 Å². The summed E-state index contributed by atoms with van der Waals surface area (Å²) in [5.41, 5.74) is -2.63. The molecule has 1 saturated heterocycles. The first kappa shape index (κ1) is 13.5. The summed E-state index contributed by atoms with van der Waals surface area (Å²) in [6.45, 7) is -0.464. The molecule has 2 fully saturated rings. The van der Waals surface area contributed by atoms with Gasteiger partial charge in [-0.25, -0.2) is 4.79 Å². The average Bonchev–Trinajstić information content (AvgIpc) is 3.21. The highest BCUT2D eigenvalue weighted by molar-refractivity contribution is 5.25. The summed E-state index contributed by atoms with van der Waals surface area (Å²) < 4.78 is 5.66. The van der Waals surface area contributed by atoms with Gasteiger partial charge in [0.15, 0.2) is 0 Å². The Labute approximate surface area is 113 Å². The third-order valence-corrected chi connectivity index (χ3v) is 4.09. The van der Waals surface area contributed by atoms with Gasteiger partial charge in [-0.1, -0.05) is 0 Å². The van der Waals surface area contributed by atoms with Crippen molar-refractivity contribution in [2.75, 3.05) is 6.61 Å². The Morgan fingerprint density at radius 2 is 2.05 bits per heavy atom. The molecule has 8 heteroatoms. The molecular formula is C12H16N2O6. The standard InChI is InChI=1S/C12H16N2O6/c15-4-7-8(16)9(17)12(20-7,5-1-2-5)6-3-13-11(19)14-10(6)18/h3,5,7-9,15-17H,1-2,4H2,(H2,13,14,18,19)/t7-,8-,9-,12+/m1/s1. The molecule has 1 saturated carbocycles. The van der Waals surface area contributed by atoms with Crippen molar-refractivity contribution >= 4 is 0 Å². The van der Waals surface area contributed by atoms with Crippen LogP contribution in [0.15, 0.2) is 15.8 Å². The topological polar surface area (TPSA) is 136 Å². The number of aliphatic hydroxyl groups is 3. The van der Waals surface area contributed by atoms with Gasteiger partial charge in [-0.15, -0.1) is 0 Å². The van der Waals surface area contributed by atoms with Crippen molar-refractivity contribution in [2.24, 2.45) is 5.92 Å². The molecule has 3 rings (SSSR count). The van der Waals surface area contributed by atoms with Gasteiger partial charge in [-0.2, -0.15) is 0 Å². The van der Waals surface area contributed by atoms with Crippen molar-refractivity contribution in [1.82, 2.24) is 9.97 Å². The second-order valence-corrected chi connectivity index (χ2v) is 5.33. The average molecular weight is 284 g/mol. The van der Waals surface area contributed by atoms with Crippen LogP contribution in [0.4, 0.5) is 0 Å². The summed E-state index contributed by atoms with van der Waals surface area (Å²) in [5, 5.41) is 29.5. The van der Waals surface area contributed by atoms with E-state index in [4.69, 9.17) is 4.74 Å². The van der Waals surface area contributed by atoms with E-state index in [2.05, 4.69) is 9.97 Å². The molecule has 4 atom stereocenters. The Bertz CT molecular complexity index is 621. The van der Waals surface area contributed by atoms with Gasteiger partial charge in [-0.3, -0.25) is 9.78 Å². The summed E-state index contributed by atoms with van der Waals surface area (Å²) in [7, 11) is 0. The summed E-state index contributed by atoms with van der Waals surface area (Å²) >= 11 is 0. The number of nitrogens with one attached hydrogen (secondary N) is 2. The molecule has 2 heterocycles. The molecule has 8 nitrogen and oxygen atoms in total. The summed E-state index contributed by atoms with van der Waals surface area (Å²) in [4.78, 5) is 27.5. The van der Waals surface area contributed by atoms with Crippen molar-refractivity contribution in [3.8, 4) is 0 Å². The van der Waals surface area contributed by atoms with Crippen molar-refractivity contribution in [2.45, 2.75) is 36.8 Å². The van der Waals surface area contributed by atoms with Gasteiger partial charge in [-0.05, 0) is 18.8 Å². The first-order chi connectivity index (χ1) is 9.50. The summed E-state index contributed by atoms with van der Waals surface area (Å²) in [6, 6.07) is 0. The number of ether oxygens (including phenoxy) is 1. The second-order valence-electron chi connectivity index (χ2n) is 5.33. The minimum Gasteiger partial charge on any atom is -0.394 e. The van der Waals surface area contributed by atoms with Gasteiger partial charge in [0.05, 0.1) is 12.2 Å². The van der Waals surface area contributed by atoms with Crippen molar-refractivity contribution in [3.63, 3.8) is 0 Å². The monoisotopic (exact) mass is 284 g/mol. The lowest BCUT2D eigenvalue weighted by Crippen LogP contribution is -2.47. The zero-order valence-electron chi connectivity index (χ0n) is 10.6. The first-order valence-corrected chi connectivity index (χ1v) is 6.48. The van der Waals surface area contributed by atoms with Crippen molar-refractivity contribution < 1.29 is 20.1 Å². The Balaban J connectivity index is 2.14. The molecule has 0 spiro atoms. The summed E-state index contributed by atoms with van der Waals surface area (Å²) in [6.07, 6.45) is -0.904. The normalized spacial score (nSPS) is 37.2. The van der Waals surface area contributed by atoms with Crippen LogP contribution in [0.3, 0.4) is 0 Å². The van der Waals surface area contributed by atoms with E-state index >= 15 is 0 Å². The molecule has 2 aliphatic rings. The lowest BCUT2D eigenvalue weighted by atomic mass is 9.84. The van der Waals surface area contributed by atoms with E-state index in [-0.39, 0.29) is 11.5 Å². The highest BCUT2D eigenvalue weighted by Gasteiger charge is 2.62. The van der Waals surface area contributed by atoms with Crippen LogP contribution in [0, 0.1) is 5.92 Å². The van der Waals surface area contributed by atoms with E-state index < -0.39 is 41.8 Å². The highest BCUT2D eigenvalue weighted by Crippen LogP contribution is 2.53. The van der Waals surface area contributed by atoms with Crippen molar-refractivity contribution in [3.05, 3.63) is 32.6 Å². The zero-order chi connectivity index (χ0) is 14.5. The molecule has 1 aromatic heterocycles. The lowest BCUT2D eigenvalue weighted by molar-refractivity contribution is -0.113. The van der Waals surface area contributed by atoms with E-state index in [1.165, 1.54) is 6.20 Å². The molecule has 1 aliphatic carbocycles. The van der Waals surface area contributed by atoms with E-state index in [9.17, 15) is 24.9 Å². The van der Waals surface area contributed by atoms with Gasteiger partial charge in [0, 0.05) is 6.20 Å². The fourth-order valence-corrected chi connectivity index (χ4v) is 2.98. The molecule has 110 valence electrons. The number of aromatic nitrogens is 2. The lowest BCUT2D eigenvalue weighted by Gasteiger charge is -2.31. The zero-order valence-corrected chi connectivity index (χ0v) is 10.6.